The van der Waals surface area contributed by atoms with Crippen LogP contribution in [0.3, 0.4) is 0 Å². The Bertz CT molecular complexity index is 218. The summed E-state index contributed by atoms with van der Waals surface area (Å²) in [5.74, 6) is 2.01. The molecule has 1 saturated carbocycles. The zero-order valence-corrected chi connectivity index (χ0v) is 14.9. The highest BCUT2D eigenvalue weighted by Crippen LogP contribution is 2.35. The minimum absolute atomic E-state index is 0.506. The summed E-state index contributed by atoms with van der Waals surface area (Å²) in [6.45, 7) is 4.62. The standard InChI is InChI=1S/C20H41N/c1-3-5-7-9-11-13-18(12-10-8-6-4-2)19-14-16-20(21)17-15-19/h18-20H,3-17,21H2,1-2H3/t18-,19?,20?/m1/s1. The van der Waals surface area contributed by atoms with Crippen molar-refractivity contribution in [1.29, 1.82) is 0 Å². The van der Waals surface area contributed by atoms with Gasteiger partial charge in [-0.25, -0.2) is 0 Å². The molecular formula is C20H41N. The molecule has 1 fully saturated rings. The monoisotopic (exact) mass is 295 g/mol. The Labute approximate surface area is 134 Å². The van der Waals surface area contributed by atoms with Crippen molar-refractivity contribution in [2.24, 2.45) is 17.6 Å². The SMILES string of the molecule is CCCCCCC[C@@H](CCCCCC)C1CCC(N)CC1. The Hall–Kier alpha value is -0.0400. The minimum atomic E-state index is 0.506. The van der Waals surface area contributed by atoms with E-state index in [2.05, 4.69) is 13.8 Å². The molecule has 1 heteroatoms. The lowest BCUT2D eigenvalue weighted by molar-refractivity contribution is 0.203. The molecule has 0 radical (unpaired) electrons. The van der Waals surface area contributed by atoms with Crippen molar-refractivity contribution in [2.45, 2.75) is 116 Å². The third-order valence-electron chi connectivity index (χ3n) is 5.59. The van der Waals surface area contributed by atoms with E-state index in [1.807, 2.05) is 0 Å². The molecule has 0 aliphatic heterocycles. The van der Waals surface area contributed by atoms with Crippen molar-refractivity contribution in [2.75, 3.05) is 0 Å². The fraction of sp³-hybridized carbons (Fsp3) is 1.00. The molecule has 0 aromatic heterocycles. The molecule has 1 aliphatic carbocycles. The van der Waals surface area contributed by atoms with Crippen LogP contribution >= 0.6 is 0 Å². The quantitative estimate of drug-likeness (QED) is 0.411. The van der Waals surface area contributed by atoms with Crippen molar-refractivity contribution < 1.29 is 0 Å². The minimum Gasteiger partial charge on any atom is -0.328 e. The van der Waals surface area contributed by atoms with Crippen LogP contribution in [0.4, 0.5) is 0 Å². The van der Waals surface area contributed by atoms with Crippen LogP contribution in [0, 0.1) is 11.8 Å². The molecule has 0 amide bonds. The Morgan fingerprint density at radius 2 is 1.19 bits per heavy atom. The first-order valence-electron chi connectivity index (χ1n) is 10.0. The fourth-order valence-corrected chi connectivity index (χ4v) is 4.08. The number of hydrogen-bond acceptors (Lipinski definition) is 1. The maximum Gasteiger partial charge on any atom is 0.00390 e. The van der Waals surface area contributed by atoms with Crippen LogP contribution in [0.25, 0.3) is 0 Å². The van der Waals surface area contributed by atoms with Crippen LogP contribution < -0.4 is 5.73 Å². The third kappa shape index (κ3) is 8.86. The lowest BCUT2D eigenvalue weighted by atomic mass is 9.74. The van der Waals surface area contributed by atoms with Crippen molar-refractivity contribution in [1.82, 2.24) is 0 Å². The van der Waals surface area contributed by atoms with Gasteiger partial charge in [0.2, 0.25) is 0 Å². The first kappa shape index (κ1) is 19.0. The van der Waals surface area contributed by atoms with E-state index in [0.717, 1.165) is 11.8 Å². The van der Waals surface area contributed by atoms with Gasteiger partial charge in [0, 0.05) is 6.04 Å². The van der Waals surface area contributed by atoms with Gasteiger partial charge >= 0.3 is 0 Å². The summed E-state index contributed by atoms with van der Waals surface area (Å²) < 4.78 is 0. The van der Waals surface area contributed by atoms with Crippen molar-refractivity contribution in [3.8, 4) is 0 Å². The van der Waals surface area contributed by atoms with E-state index in [9.17, 15) is 0 Å². The van der Waals surface area contributed by atoms with Crippen molar-refractivity contribution in [3.63, 3.8) is 0 Å². The van der Waals surface area contributed by atoms with Gasteiger partial charge in [-0.2, -0.15) is 0 Å². The maximum atomic E-state index is 6.09. The van der Waals surface area contributed by atoms with Crippen LogP contribution in [0.5, 0.6) is 0 Å². The lowest BCUT2D eigenvalue weighted by Crippen LogP contribution is -2.29. The normalized spacial score (nSPS) is 24.1. The fourth-order valence-electron chi connectivity index (χ4n) is 4.08. The Balaban J connectivity index is 2.27. The highest BCUT2D eigenvalue weighted by atomic mass is 14.6. The topological polar surface area (TPSA) is 26.0 Å². The first-order valence-corrected chi connectivity index (χ1v) is 10.0. The number of rotatable bonds is 12. The van der Waals surface area contributed by atoms with Gasteiger partial charge in [0.1, 0.15) is 0 Å². The Kier molecular flexibility index (Phi) is 11.3. The van der Waals surface area contributed by atoms with Crippen LogP contribution in [-0.4, -0.2) is 6.04 Å². The largest absolute Gasteiger partial charge is 0.328 e. The second kappa shape index (κ2) is 12.5. The molecule has 0 heterocycles. The van der Waals surface area contributed by atoms with Gasteiger partial charge < -0.3 is 5.73 Å². The van der Waals surface area contributed by atoms with Crippen molar-refractivity contribution >= 4 is 0 Å². The zero-order chi connectivity index (χ0) is 15.3. The summed E-state index contributed by atoms with van der Waals surface area (Å²) in [6, 6.07) is 0.506. The Morgan fingerprint density at radius 3 is 1.71 bits per heavy atom. The molecule has 0 aromatic rings. The molecule has 1 aliphatic rings. The third-order valence-corrected chi connectivity index (χ3v) is 5.59. The van der Waals surface area contributed by atoms with E-state index in [4.69, 9.17) is 5.73 Å². The van der Waals surface area contributed by atoms with Crippen LogP contribution in [0.2, 0.25) is 0 Å². The number of nitrogens with two attached hydrogens (primary N) is 1. The summed E-state index contributed by atoms with van der Waals surface area (Å²) in [5.41, 5.74) is 6.09. The van der Waals surface area contributed by atoms with E-state index < -0.39 is 0 Å². The summed E-state index contributed by atoms with van der Waals surface area (Å²) in [7, 11) is 0. The zero-order valence-electron chi connectivity index (χ0n) is 14.9. The summed E-state index contributed by atoms with van der Waals surface area (Å²) >= 11 is 0. The molecule has 0 spiro atoms. The Morgan fingerprint density at radius 1 is 0.714 bits per heavy atom. The van der Waals surface area contributed by atoms with Crippen molar-refractivity contribution in [3.05, 3.63) is 0 Å². The average molecular weight is 296 g/mol. The average Bonchev–Trinajstić information content (AvgIpc) is 2.50. The van der Waals surface area contributed by atoms with E-state index in [-0.39, 0.29) is 0 Å². The van der Waals surface area contributed by atoms with Crippen LogP contribution in [0.15, 0.2) is 0 Å². The van der Waals surface area contributed by atoms with Gasteiger partial charge in [0.25, 0.3) is 0 Å². The predicted octanol–water partition coefficient (Wildman–Crippen LogP) is 6.45. The molecule has 0 unspecified atom stereocenters. The summed E-state index contributed by atoms with van der Waals surface area (Å²) in [4.78, 5) is 0. The molecule has 1 rings (SSSR count). The summed E-state index contributed by atoms with van der Waals surface area (Å²) in [5, 5.41) is 0. The van der Waals surface area contributed by atoms with Gasteiger partial charge in [-0.3, -0.25) is 0 Å². The van der Waals surface area contributed by atoms with E-state index in [1.165, 1.54) is 96.3 Å². The molecular weight excluding hydrogens is 254 g/mol. The number of unbranched alkanes of at least 4 members (excludes halogenated alkanes) is 7. The molecule has 2 N–H and O–H groups in total. The second-order valence-electron chi connectivity index (χ2n) is 7.49. The first-order chi connectivity index (χ1) is 10.3. The second-order valence-corrected chi connectivity index (χ2v) is 7.49. The van der Waals surface area contributed by atoms with E-state index in [0.29, 0.717) is 6.04 Å². The van der Waals surface area contributed by atoms with Gasteiger partial charge in [0.05, 0.1) is 0 Å². The molecule has 0 aromatic carbocycles. The van der Waals surface area contributed by atoms with Crippen LogP contribution in [0.1, 0.15) is 110 Å². The van der Waals surface area contributed by atoms with Crippen LogP contribution in [-0.2, 0) is 0 Å². The summed E-state index contributed by atoms with van der Waals surface area (Å²) in [6.07, 6.45) is 21.3. The molecule has 1 nitrogen and oxygen atoms in total. The number of hydrogen-bond donors (Lipinski definition) is 1. The smallest absolute Gasteiger partial charge is 0.00390 e. The van der Waals surface area contributed by atoms with E-state index >= 15 is 0 Å². The van der Waals surface area contributed by atoms with Gasteiger partial charge in [0.15, 0.2) is 0 Å². The molecule has 0 bridgehead atoms. The lowest BCUT2D eigenvalue weighted by Gasteiger charge is -2.33. The van der Waals surface area contributed by atoms with E-state index in [1.54, 1.807) is 0 Å². The maximum absolute atomic E-state index is 6.09. The molecule has 21 heavy (non-hydrogen) atoms. The molecule has 0 saturated heterocycles. The molecule has 126 valence electrons. The van der Waals surface area contributed by atoms with Gasteiger partial charge in [-0.1, -0.05) is 84.5 Å². The highest BCUT2D eigenvalue weighted by molar-refractivity contribution is 4.79. The van der Waals surface area contributed by atoms with Gasteiger partial charge in [-0.05, 0) is 37.5 Å². The molecule has 1 atom stereocenters. The van der Waals surface area contributed by atoms with Gasteiger partial charge in [-0.15, -0.1) is 0 Å². The predicted molar refractivity (Wildman–Crippen MR) is 95.6 cm³/mol. The highest BCUT2D eigenvalue weighted by Gasteiger charge is 2.25.